The van der Waals surface area contributed by atoms with Crippen LogP contribution in [0.3, 0.4) is 0 Å². The van der Waals surface area contributed by atoms with Crippen molar-refractivity contribution >= 4 is 68.9 Å². The molecule has 0 spiro atoms. The Labute approximate surface area is 226 Å². The second kappa shape index (κ2) is 12.6. The third-order valence-electron chi connectivity index (χ3n) is 4.65. The molecule has 0 radical (unpaired) electrons. The summed E-state index contributed by atoms with van der Waals surface area (Å²) in [4.78, 5) is 59.6. The number of ether oxygens (including phenoxy) is 1. The second-order valence-electron chi connectivity index (χ2n) is 7.39. The van der Waals surface area contributed by atoms with Crippen molar-refractivity contribution in [3.63, 3.8) is 0 Å². The highest BCUT2D eigenvalue weighted by atomic mass is 127. The molecular weight excluding hydrogens is 696 g/mol. The number of anilines is 1. The Balaban J connectivity index is 1.66. The lowest BCUT2D eigenvalue weighted by molar-refractivity contribution is -0.118. The fraction of sp³-hybridized carbons (Fsp3) is 0.571. The smallest absolute Gasteiger partial charge is 0.387 e. The molecule has 6 atom stereocenters. The monoisotopic (exact) mass is 718 g/mol. The fourth-order valence-electron chi connectivity index (χ4n) is 3.17. The van der Waals surface area contributed by atoms with E-state index in [0.29, 0.717) is 23.3 Å². The van der Waals surface area contributed by atoms with Gasteiger partial charge >= 0.3 is 23.5 Å². The molecule has 3 heterocycles. The van der Waals surface area contributed by atoms with Crippen LogP contribution in [0, 0.1) is 0 Å². The maximum Gasteiger partial charge on any atom is 0.490 e. The maximum absolute atomic E-state index is 11.9. The van der Waals surface area contributed by atoms with Gasteiger partial charge in [-0.3, -0.25) is 13.9 Å². The summed E-state index contributed by atoms with van der Waals surface area (Å²) >= 11 is 1.92. The Morgan fingerprint density at radius 2 is 1.76 bits per heavy atom. The van der Waals surface area contributed by atoms with E-state index >= 15 is 0 Å². The number of phosphoric acid groups is 3. The van der Waals surface area contributed by atoms with E-state index in [4.69, 9.17) is 14.5 Å². The number of fused-ring (bicyclic) bond motifs is 1. The van der Waals surface area contributed by atoms with Crippen molar-refractivity contribution < 1.29 is 66.2 Å². The van der Waals surface area contributed by atoms with Gasteiger partial charge in [0, 0.05) is 13.1 Å². The molecule has 20 nitrogen and oxygen atoms in total. The van der Waals surface area contributed by atoms with E-state index in [0.717, 1.165) is 0 Å². The first kappa shape index (κ1) is 31.4. The fourth-order valence-corrected chi connectivity index (χ4v) is 6.46. The van der Waals surface area contributed by atoms with Crippen LogP contribution in [0.5, 0.6) is 0 Å². The summed E-state index contributed by atoms with van der Waals surface area (Å²) < 4.78 is 52.8. The predicted octanol–water partition coefficient (Wildman–Crippen LogP) is -1.25. The summed E-state index contributed by atoms with van der Waals surface area (Å²) in [5.74, 6) is 0.160. The Morgan fingerprint density at radius 3 is 2.42 bits per heavy atom. The standard InChI is InChI=1S/C14H22IN6O14P3/c15-3-8(22)16-1-2-17-12-9-13(19-5-18-12)21(6-20-9)14-11(24)10(23)7(33-14)4-32-37(28,29)35-38(30,31)34-36(25,26)27/h5-7,10-11,14,23-24H,1-4H2,(H,16,22)(H,28,29)(H,30,31)(H,17,18,19)(H2,25,26,27)/t7-,10-,11-,14-/m1/s1. The molecule has 38 heavy (non-hydrogen) atoms. The number of amides is 1. The van der Waals surface area contributed by atoms with Gasteiger partial charge in [0.2, 0.25) is 5.91 Å². The average molecular weight is 718 g/mol. The lowest BCUT2D eigenvalue weighted by Crippen LogP contribution is -2.33. The van der Waals surface area contributed by atoms with Gasteiger partial charge in [0.15, 0.2) is 23.2 Å². The van der Waals surface area contributed by atoms with Crippen molar-refractivity contribution in [2.75, 3.05) is 29.4 Å². The summed E-state index contributed by atoms with van der Waals surface area (Å²) in [7, 11) is -16.8. The van der Waals surface area contributed by atoms with Crippen molar-refractivity contribution in [1.29, 1.82) is 0 Å². The van der Waals surface area contributed by atoms with Crippen LogP contribution < -0.4 is 10.6 Å². The lowest BCUT2D eigenvalue weighted by atomic mass is 10.1. The highest BCUT2D eigenvalue weighted by molar-refractivity contribution is 14.1. The van der Waals surface area contributed by atoms with Gasteiger partial charge in [0.1, 0.15) is 24.6 Å². The van der Waals surface area contributed by atoms with Gasteiger partial charge in [0.05, 0.1) is 17.4 Å². The number of hydrogen-bond acceptors (Lipinski definition) is 14. The topological polar surface area (TPSA) is 294 Å². The lowest BCUT2D eigenvalue weighted by Gasteiger charge is -2.19. The van der Waals surface area contributed by atoms with Gasteiger partial charge in [-0.1, -0.05) is 22.6 Å². The Hall–Kier alpha value is -1.16. The number of phosphoric ester groups is 1. The number of aromatic nitrogens is 4. The third kappa shape index (κ3) is 8.42. The first-order valence-corrected chi connectivity index (χ1v) is 16.2. The summed E-state index contributed by atoms with van der Waals surface area (Å²) in [6.45, 7) is -0.358. The van der Waals surface area contributed by atoms with Crippen LogP contribution >= 0.6 is 46.1 Å². The van der Waals surface area contributed by atoms with Crippen LogP contribution in [0.1, 0.15) is 6.23 Å². The number of alkyl halides is 1. The summed E-state index contributed by atoms with van der Waals surface area (Å²) in [5.41, 5.74) is 0.429. The molecule has 1 aliphatic rings. The van der Waals surface area contributed by atoms with E-state index < -0.39 is 54.6 Å². The number of halogens is 1. The molecule has 3 rings (SSSR count). The van der Waals surface area contributed by atoms with Crippen molar-refractivity contribution in [1.82, 2.24) is 24.8 Å². The van der Waals surface area contributed by atoms with Crippen LogP contribution in [0.15, 0.2) is 12.7 Å². The molecule has 214 valence electrons. The quantitative estimate of drug-likeness (QED) is 0.0519. The second-order valence-corrected chi connectivity index (χ2v) is 12.6. The largest absolute Gasteiger partial charge is 0.490 e. The number of nitrogens with zero attached hydrogens (tertiary/aromatic N) is 4. The number of hydrogen-bond donors (Lipinski definition) is 8. The number of aliphatic hydroxyl groups excluding tert-OH is 2. The minimum Gasteiger partial charge on any atom is -0.387 e. The SMILES string of the molecule is O=C(CI)NCCNc1ncnc2c1ncn2[C@@H]1O[C@H](COP(=O)(O)OP(=O)(O)OP(=O)(O)O)[C@@H](O)[C@H]1O. The maximum atomic E-state index is 11.9. The number of rotatable bonds is 13. The first-order chi connectivity index (χ1) is 17.6. The number of carbonyl (C=O) groups is 1. The van der Waals surface area contributed by atoms with Crippen molar-refractivity contribution in [2.24, 2.45) is 0 Å². The van der Waals surface area contributed by atoms with Gasteiger partial charge in [-0.2, -0.15) is 8.62 Å². The van der Waals surface area contributed by atoms with E-state index in [1.807, 2.05) is 22.6 Å². The number of carbonyl (C=O) groups excluding carboxylic acids is 1. The van der Waals surface area contributed by atoms with Gasteiger partial charge in [-0.25, -0.2) is 28.6 Å². The molecule has 1 aliphatic heterocycles. The molecule has 0 bridgehead atoms. The van der Waals surface area contributed by atoms with Crippen LogP contribution in [0.4, 0.5) is 5.82 Å². The predicted molar refractivity (Wildman–Crippen MR) is 131 cm³/mol. The van der Waals surface area contributed by atoms with Crippen LogP contribution in [-0.4, -0.2) is 97.6 Å². The molecule has 1 saturated heterocycles. The van der Waals surface area contributed by atoms with E-state index in [1.54, 1.807) is 0 Å². The summed E-state index contributed by atoms with van der Waals surface area (Å²) in [6.07, 6.45) is -3.72. The minimum atomic E-state index is -5.73. The van der Waals surface area contributed by atoms with Crippen LogP contribution in [0.2, 0.25) is 0 Å². The average Bonchev–Trinajstić information content (AvgIpc) is 3.34. The van der Waals surface area contributed by atoms with Gasteiger partial charge < -0.3 is 45.2 Å². The zero-order valence-corrected chi connectivity index (χ0v) is 23.6. The molecule has 0 saturated carbocycles. The molecule has 0 aliphatic carbocycles. The highest BCUT2D eigenvalue weighted by Gasteiger charge is 2.47. The molecule has 2 aromatic rings. The van der Waals surface area contributed by atoms with Crippen molar-refractivity contribution in [3.8, 4) is 0 Å². The highest BCUT2D eigenvalue weighted by Crippen LogP contribution is 2.66. The summed E-state index contributed by atoms with van der Waals surface area (Å²) in [5, 5.41) is 26.5. The van der Waals surface area contributed by atoms with Gasteiger partial charge in [0.25, 0.3) is 0 Å². The Bertz CT molecular complexity index is 1290. The Morgan fingerprint density at radius 1 is 1.05 bits per heavy atom. The zero-order valence-electron chi connectivity index (χ0n) is 18.8. The molecule has 0 aromatic carbocycles. The van der Waals surface area contributed by atoms with Crippen LogP contribution in [0.25, 0.3) is 11.2 Å². The van der Waals surface area contributed by atoms with Crippen molar-refractivity contribution in [2.45, 2.75) is 24.5 Å². The first-order valence-electron chi connectivity index (χ1n) is 10.2. The molecule has 2 unspecified atom stereocenters. The number of imidazole rings is 1. The molecule has 1 amide bonds. The molecule has 8 N–H and O–H groups in total. The van der Waals surface area contributed by atoms with E-state index in [2.05, 4.69) is 38.7 Å². The van der Waals surface area contributed by atoms with Crippen molar-refractivity contribution in [3.05, 3.63) is 12.7 Å². The third-order valence-corrected chi connectivity index (χ3v) is 9.14. The zero-order chi connectivity index (χ0) is 28.3. The molecule has 24 heteroatoms. The van der Waals surface area contributed by atoms with Crippen LogP contribution in [-0.2, 0) is 36.4 Å². The number of nitrogens with one attached hydrogen (secondary N) is 2. The summed E-state index contributed by atoms with van der Waals surface area (Å²) in [6, 6.07) is 0. The van der Waals surface area contributed by atoms with E-state index in [-0.39, 0.29) is 17.1 Å². The van der Waals surface area contributed by atoms with E-state index in [1.165, 1.54) is 17.2 Å². The number of aliphatic hydroxyl groups is 2. The molecule has 2 aromatic heterocycles. The van der Waals surface area contributed by atoms with Gasteiger partial charge in [-0.05, 0) is 0 Å². The molecule has 1 fully saturated rings. The minimum absolute atomic E-state index is 0.141. The van der Waals surface area contributed by atoms with E-state index in [9.17, 15) is 38.5 Å². The molecular formula is C14H22IN6O14P3. The normalized spacial score (nSPS) is 25.1. The van der Waals surface area contributed by atoms with Gasteiger partial charge in [-0.15, -0.1) is 0 Å². The Kier molecular flexibility index (Phi) is 10.4.